The first-order chi connectivity index (χ1) is 19.6. The van der Waals surface area contributed by atoms with Crippen LogP contribution >= 0.6 is 0 Å². The molecule has 0 aromatic carbocycles. The van der Waals surface area contributed by atoms with Gasteiger partial charge in [0.25, 0.3) is 0 Å². The molecule has 0 saturated heterocycles. The molecule has 2 amide bonds. The van der Waals surface area contributed by atoms with Crippen LogP contribution in [0.15, 0.2) is 11.6 Å². The third-order valence-electron chi connectivity index (χ3n) is 10.5. The van der Waals surface area contributed by atoms with Gasteiger partial charge in [-0.25, -0.2) is 4.79 Å². The highest BCUT2D eigenvalue weighted by molar-refractivity contribution is 5.95. The van der Waals surface area contributed by atoms with Gasteiger partial charge in [-0.1, -0.05) is 19.4 Å². The molecule has 0 heterocycles. The number of fused-ring (bicyclic) bond motifs is 5. The number of aliphatic hydroxyl groups is 1. The summed E-state index contributed by atoms with van der Waals surface area (Å²) in [5, 5.41) is 23.1. The minimum Gasteiger partial charge on any atom is -0.480 e. The zero-order valence-corrected chi connectivity index (χ0v) is 24.1. The fourth-order valence-corrected chi connectivity index (χ4v) is 8.21. The van der Waals surface area contributed by atoms with Crippen LogP contribution in [-0.4, -0.2) is 69.6 Å². The van der Waals surface area contributed by atoms with Gasteiger partial charge in [0, 0.05) is 37.0 Å². The number of hydrogen-bond acceptors (Lipinski definition) is 9. The van der Waals surface area contributed by atoms with Crippen LogP contribution in [0.3, 0.4) is 0 Å². The smallest absolute Gasteiger partial charge is 0.326 e. The SMILES string of the molecule is C[C@]12CCC(=O)C=C1CC[C@H]1[C@H]2C(=O)C[C@@]2(C)[C@@H]1CC[C@]2(O)C(=O)COC(=O)CCC(=O)N[C@H](CCC(N)=O)C(=O)O. The lowest BCUT2D eigenvalue weighted by molar-refractivity contribution is -0.173. The minimum atomic E-state index is -1.86. The van der Waals surface area contributed by atoms with E-state index in [0.717, 1.165) is 5.57 Å². The van der Waals surface area contributed by atoms with E-state index in [-0.39, 0.29) is 55.0 Å². The van der Waals surface area contributed by atoms with Crippen LogP contribution in [0.4, 0.5) is 0 Å². The average molecular weight is 589 g/mol. The number of primary amides is 1. The molecule has 4 aliphatic carbocycles. The van der Waals surface area contributed by atoms with Crippen molar-refractivity contribution >= 4 is 41.1 Å². The van der Waals surface area contributed by atoms with Gasteiger partial charge in [0.2, 0.25) is 17.6 Å². The van der Waals surface area contributed by atoms with Gasteiger partial charge in [0.15, 0.2) is 12.4 Å². The van der Waals surface area contributed by atoms with Crippen LogP contribution in [0.25, 0.3) is 0 Å². The minimum absolute atomic E-state index is 0.00664. The van der Waals surface area contributed by atoms with Gasteiger partial charge >= 0.3 is 11.9 Å². The number of aliphatic carboxylic acids is 1. The van der Waals surface area contributed by atoms with E-state index in [0.29, 0.717) is 32.1 Å². The number of rotatable bonds is 11. The molecule has 0 aliphatic heterocycles. The van der Waals surface area contributed by atoms with Crippen LogP contribution in [-0.2, 0) is 38.3 Å². The number of ether oxygens (including phenoxy) is 1. The second-order valence-corrected chi connectivity index (χ2v) is 12.8. The molecule has 0 bridgehead atoms. The summed E-state index contributed by atoms with van der Waals surface area (Å²) in [5.41, 5.74) is 2.78. The maximum Gasteiger partial charge on any atom is 0.326 e. The maximum atomic E-state index is 13.7. The van der Waals surface area contributed by atoms with Crippen molar-refractivity contribution in [3.63, 3.8) is 0 Å². The third-order valence-corrected chi connectivity index (χ3v) is 10.5. The zero-order chi connectivity index (χ0) is 31.0. The van der Waals surface area contributed by atoms with E-state index in [1.165, 1.54) is 0 Å². The number of carboxylic acids is 1. The molecule has 4 rings (SSSR count). The number of amides is 2. The predicted octanol–water partition coefficient (Wildman–Crippen LogP) is 1.16. The topological polar surface area (TPSA) is 207 Å². The Morgan fingerprint density at radius 3 is 2.45 bits per heavy atom. The highest BCUT2D eigenvalue weighted by atomic mass is 16.5. The Morgan fingerprint density at radius 2 is 1.79 bits per heavy atom. The summed E-state index contributed by atoms with van der Waals surface area (Å²) in [6.45, 7) is 3.13. The second kappa shape index (κ2) is 11.7. The van der Waals surface area contributed by atoms with Crippen molar-refractivity contribution < 1.29 is 48.5 Å². The molecule has 0 aromatic rings. The first-order valence-electron chi connectivity index (χ1n) is 14.6. The van der Waals surface area contributed by atoms with Crippen molar-refractivity contribution in [2.45, 2.75) is 96.1 Å². The van der Waals surface area contributed by atoms with Gasteiger partial charge in [-0.3, -0.25) is 28.8 Å². The van der Waals surface area contributed by atoms with Gasteiger partial charge in [-0.05, 0) is 61.9 Å². The Hall–Kier alpha value is -3.41. The Labute approximate surface area is 243 Å². The Balaban J connectivity index is 1.35. The van der Waals surface area contributed by atoms with Crippen molar-refractivity contribution in [3.8, 4) is 0 Å². The molecule has 7 atom stereocenters. The lowest BCUT2D eigenvalue weighted by Gasteiger charge is -2.57. The molecule has 5 N–H and O–H groups in total. The lowest BCUT2D eigenvalue weighted by atomic mass is 9.46. The third kappa shape index (κ3) is 5.65. The fraction of sp³-hybridized carbons (Fsp3) is 0.700. The monoisotopic (exact) mass is 588 g/mol. The number of Topliss-reactive ketones (excluding diaryl/α,β-unsaturated/α-hetero) is 2. The van der Waals surface area contributed by atoms with Crippen molar-refractivity contribution in [2.75, 3.05) is 6.61 Å². The summed E-state index contributed by atoms with van der Waals surface area (Å²) in [7, 11) is 0. The van der Waals surface area contributed by atoms with Crippen LogP contribution in [0.2, 0.25) is 0 Å². The standard InChI is InChI=1S/C30H40N2O10/c1-28-11-9-17(33)13-16(28)3-4-18-19-10-12-30(41,29(19,2)14-21(34)26(18)28)22(35)15-42-25(38)8-7-24(37)32-20(27(39)40)5-6-23(31)36/h13,18-20,26,41H,3-12,14-15H2,1-2H3,(H2,31,36)(H,32,37)(H,39,40)/t18-,19-,20-,26+,28+,29+,30+/m1/s1. The molecule has 0 radical (unpaired) electrons. The highest BCUT2D eigenvalue weighted by Gasteiger charge is 2.68. The molecular weight excluding hydrogens is 548 g/mol. The number of hydrogen-bond donors (Lipinski definition) is 4. The van der Waals surface area contributed by atoms with Gasteiger partial charge in [0.05, 0.1) is 6.42 Å². The molecule has 4 aliphatic rings. The summed E-state index contributed by atoms with van der Waals surface area (Å²) in [6.07, 6.45) is 3.59. The number of nitrogens with two attached hydrogens (primary N) is 1. The van der Waals surface area contributed by atoms with Crippen LogP contribution < -0.4 is 11.1 Å². The molecular formula is C30H40N2O10. The van der Waals surface area contributed by atoms with Gasteiger partial charge in [-0.15, -0.1) is 0 Å². The van der Waals surface area contributed by atoms with E-state index in [9.17, 15) is 43.8 Å². The number of esters is 1. The van der Waals surface area contributed by atoms with E-state index < -0.39 is 71.5 Å². The number of carboxylic acid groups (broad SMARTS) is 1. The molecule has 12 nitrogen and oxygen atoms in total. The van der Waals surface area contributed by atoms with Crippen molar-refractivity contribution in [2.24, 2.45) is 34.3 Å². The fourth-order valence-electron chi connectivity index (χ4n) is 8.21. The number of nitrogens with one attached hydrogen (secondary N) is 1. The summed E-state index contributed by atoms with van der Waals surface area (Å²) in [6, 6.07) is -1.35. The molecule has 0 unspecified atom stereocenters. The van der Waals surface area contributed by atoms with Gasteiger partial charge in [0.1, 0.15) is 17.4 Å². The van der Waals surface area contributed by atoms with Crippen molar-refractivity contribution in [3.05, 3.63) is 11.6 Å². The van der Waals surface area contributed by atoms with E-state index in [1.807, 2.05) is 0 Å². The van der Waals surface area contributed by atoms with E-state index in [4.69, 9.17) is 10.5 Å². The number of carbonyl (C=O) groups is 7. The van der Waals surface area contributed by atoms with Gasteiger partial charge < -0.3 is 26.0 Å². The molecule has 3 fully saturated rings. The van der Waals surface area contributed by atoms with Crippen LogP contribution in [0.5, 0.6) is 0 Å². The summed E-state index contributed by atoms with van der Waals surface area (Å²) in [5.74, 6) is -4.67. The molecule has 0 spiro atoms. The van der Waals surface area contributed by atoms with E-state index in [2.05, 4.69) is 12.2 Å². The average Bonchev–Trinajstić information content (AvgIpc) is 3.19. The van der Waals surface area contributed by atoms with Crippen LogP contribution in [0, 0.1) is 28.6 Å². The van der Waals surface area contributed by atoms with Crippen molar-refractivity contribution in [1.82, 2.24) is 5.32 Å². The predicted molar refractivity (Wildman–Crippen MR) is 145 cm³/mol. The van der Waals surface area contributed by atoms with Crippen molar-refractivity contribution in [1.29, 1.82) is 0 Å². The molecule has 230 valence electrons. The summed E-state index contributed by atoms with van der Waals surface area (Å²) in [4.78, 5) is 85.7. The number of carbonyl (C=O) groups excluding carboxylic acids is 6. The molecule has 42 heavy (non-hydrogen) atoms. The van der Waals surface area contributed by atoms with E-state index >= 15 is 0 Å². The number of ketones is 3. The zero-order valence-electron chi connectivity index (χ0n) is 24.1. The summed E-state index contributed by atoms with van der Waals surface area (Å²) < 4.78 is 5.09. The first kappa shape index (κ1) is 31.5. The first-order valence-corrected chi connectivity index (χ1v) is 14.6. The quantitative estimate of drug-likeness (QED) is 0.253. The maximum absolute atomic E-state index is 13.7. The van der Waals surface area contributed by atoms with Crippen LogP contribution in [0.1, 0.15) is 84.5 Å². The largest absolute Gasteiger partial charge is 0.480 e. The molecule has 3 saturated carbocycles. The Morgan fingerprint density at radius 1 is 1.07 bits per heavy atom. The number of allylic oxidation sites excluding steroid dienone is 1. The molecule has 12 heteroatoms. The Bertz CT molecular complexity index is 1240. The molecule has 0 aromatic heterocycles. The highest BCUT2D eigenvalue weighted by Crippen LogP contribution is 2.66. The Kier molecular flexibility index (Phi) is 8.78. The summed E-state index contributed by atoms with van der Waals surface area (Å²) >= 11 is 0. The van der Waals surface area contributed by atoms with Gasteiger partial charge in [-0.2, -0.15) is 0 Å². The normalized spacial score (nSPS) is 34.3. The van der Waals surface area contributed by atoms with E-state index in [1.54, 1.807) is 13.0 Å². The second-order valence-electron chi connectivity index (χ2n) is 12.8. The lowest BCUT2D eigenvalue weighted by Crippen LogP contribution is -2.61.